The molecule has 0 bridgehead atoms. The Morgan fingerprint density at radius 2 is 2.12 bits per heavy atom. The van der Waals surface area contributed by atoms with Crippen molar-refractivity contribution in [3.63, 3.8) is 0 Å². The van der Waals surface area contributed by atoms with Crippen molar-refractivity contribution in [2.24, 2.45) is 4.99 Å². The molecule has 88 valence electrons. The van der Waals surface area contributed by atoms with E-state index in [1.165, 1.54) is 0 Å². The van der Waals surface area contributed by atoms with Gasteiger partial charge in [-0.25, -0.2) is 0 Å². The molecule has 16 heavy (non-hydrogen) atoms. The number of rotatable bonds is 5. The molecule has 0 aromatic rings. The predicted octanol–water partition coefficient (Wildman–Crippen LogP) is 2.79. The van der Waals surface area contributed by atoms with Gasteiger partial charge in [-0.1, -0.05) is 0 Å². The largest absolute Gasteiger partial charge is 0.481 e. The molecular formula is C12H18N2O2. The molecule has 0 aromatic heterocycles. The fourth-order valence-corrected chi connectivity index (χ4v) is 1.90. The van der Waals surface area contributed by atoms with Crippen molar-refractivity contribution in [3.8, 4) is 0 Å². The van der Waals surface area contributed by atoms with E-state index < -0.39 is 5.97 Å². The number of aliphatic carboxylic acids is 1. The molecule has 0 aromatic carbocycles. The zero-order valence-corrected chi connectivity index (χ0v) is 9.62. The molecule has 1 aliphatic carbocycles. The van der Waals surface area contributed by atoms with Crippen LogP contribution >= 0.6 is 0 Å². The number of hydrogen-bond donors (Lipinski definition) is 2. The summed E-state index contributed by atoms with van der Waals surface area (Å²) in [5, 5.41) is 16.5. The van der Waals surface area contributed by atoms with Crippen molar-refractivity contribution in [2.45, 2.75) is 45.4 Å². The third-order valence-electron chi connectivity index (χ3n) is 2.68. The molecule has 0 heterocycles. The van der Waals surface area contributed by atoms with Gasteiger partial charge < -0.3 is 10.5 Å². The van der Waals surface area contributed by atoms with Gasteiger partial charge in [0.2, 0.25) is 0 Å². The van der Waals surface area contributed by atoms with Gasteiger partial charge in [-0.15, -0.1) is 0 Å². The van der Waals surface area contributed by atoms with Gasteiger partial charge in [-0.2, -0.15) is 0 Å². The quantitative estimate of drug-likeness (QED) is 0.702. The highest BCUT2D eigenvalue weighted by molar-refractivity contribution is 5.99. The Morgan fingerprint density at radius 3 is 2.75 bits per heavy atom. The van der Waals surface area contributed by atoms with Crippen LogP contribution in [-0.4, -0.2) is 23.0 Å². The molecule has 1 rings (SSSR count). The van der Waals surface area contributed by atoms with Crippen LogP contribution in [0.5, 0.6) is 0 Å². The Morgan fingerprint density at radius 1 is 1.44 bits per heavy atom. The van der Waals surface area contributed by atoms with Crippen molar-refractivity contribution >= 4 is 17.9 Å². The van der Waals surface area contributed by atoms with E-state index >= 15 is 0 Å². The van der Waals surface area contributed by atoms with E-state index in [1.54, 1.807) is 6.21 Å². The topological polar surface area (TPSA) is 73.5 Å². The van der Waals surface area contributed by atoms with Crippen LogP contribution in [0.3, 0.4) is 0 Å². The van der Waals surface area contributed by atoms with Crippen LogP contribution in [0, 0.1) is 5.41 Å². The van der Waals surface area contributed by atoms with E-state index in [2.05, 4.69) is 4.99 Å². The molecule has 0 saturated carbocycles. The molecular weight excluding hydrogens is 204 g/mol. The Balaban J connectivity index is 2.73. The highest BCUT2D eigenvalue weighted by Crippen LogP contribution is 2.27. The number of carboxylic acids is 1. The van der Waals surface area contributed by atoms with E-state index in [4.69, 9.17) is 10.5 Å². The first-order chi connectivity index (χ1) is 7.65. The third kappa shape index (κ3) is 3.61. The zero-order valence-electron chi connectivity index (χ0n) is 9.62. The van der Waals surface area contributed by atoms with E-state index in [0.717, 1.165) is 37.0 Å². The van der Waals surface area contributed by atoms with Crippen LogP contribution in [0.2, 0.25) is 0 Å². The SMILES string of the molecule is CC=NC1=C(C(=N)CCC(=O)O)CCCC1. The molecule has 0 amide bonds. The summed E-state index contributed by atoms with van der Waals surface area (Å²) in [7, 11) is 0. The van der Waals surface area contributed by atoms with Crippen LogP contribution in [0.1, 0.15) is 45.4 Å². The minimum Gasteiger partial charge on any atom is -0.481 e. The van der Waals surface area contributed by atoms with Crippen molar-refractivity contribution in [2.75, 3.05) is 0 Å². The van der Waals surface area contributed by atoms with E-state index in [0.29, 0.717) is 12.1 Å². The Bertz CT molecular complexity index is 343. The van der Waals surface area contributed by atoms with E-state index in [-0.39, 0.29) is 6.42 Å². The molecule has 0 saturated heterocycles. The zero-order chi connectivity index (χ0) is 12.0. The number of nitrogens with zero attached hydrogens (tertiary/aromatic N) is 1. The number of nitrogens with one attached hydrogen (secondary N) is 1. The van der Waals surface area contributed by atoms with Crippen molar-refractivity contribution in [3.05, 3.63) is 11.3 Å². The first kappa shape index (κ1) is 12.6. The molecule has 0 unspecified atom stereocenters. The molecule has 0 spiro atoms. The fourth-order valence-electron chi connectivity index (χ4n) is 1.90. The number of carbonyl (C=O) groups is 1. The standard InChI is InChI=1S/C12H18N2O2/c1-2-14-11-6-4-3-5-9(11)10(13)7-8-12(15)16/h2,13H,3-8H2,1H3,(H,15,16). The second-order valence-corrected chi connectivity index (χ2v) is 3.89. The molecule has 2 N–H and O–H groups in total. The van der Waals surface area contributed by atoms with Gasteiger partial charge >= 0.3 is 5.97 Å². The van der Waals surface area contributed by atoms with Gasteiger partial charge in [-0.3, -0.25) is 9.79 Å². The number of allylic oxidation sites excluding steroid dienone is 2. The lowest BCUT2D eigenvalue weighted by atomic mass is 9.91. The molecule has 0 radical (unpaired) electrons. The average molecular weight is 222 g/mol. The maximum absolute atomic E-state index is 10.5. The first-order valence-electron chi connectivity index (χ1n) is 5.65. The Kier molecular flexibility index (Phi) is 4.89. The minimum atomic E-state index is -0.846. The Labute approximate surface area is 95.6 Å². The number of carboxylic acid groups (broad SMARTS) is 1. The minimum absolute atomic E-state index is 0.0332. The first-order valence-corrected chi connectivity index (χ1v) is 5.65. The van der Waals surface area contributed by atoms with Gasteiger partial charge in [0.25, 0.3) is 0 Å². The van der Waals surface area contributed by atoms with Gasteiger partial charge in [0.1, 0.15) is 0 Å². The van der Waals surface area contributed by atoms with Crippen LogP contribution in [0.4, 0.5) is 0 Å². The lowest BCUT2D eigenvalue weighted by Crippen LogP contribution is -2.10. The third-order valence-corrected chi connectivity index (χ3v) is 2.68. The summed E-state index contributed by atoms with van der Waals surface area (Å²) < 4.78 is 0. The van der Waals surface area contributed by atoms with E-state index in [9.17, 15) is 4.79 Å². The van der Waals surface area contributed by atoms with Gasteiger partial charge in [0, 0.05) is 17.6 Å². The summed E-state index contributed by atoms with van der Waals surface area (Å²) in [4.78, 5) is 14.7. The average Bonchev–Trinajstić information content (AvgIpc) is 2.27. The monoisotopic (exact) mass is 222 g/mol. The summed E-state index contributed by atoms with van der Waals surface area (Å²) in [5.41, 5.74) is 2.39. The van der Waals surface area contributed by atoms with Crippen molar-refractivity contribution < 1.29 is 9.90 Å². The smallest absolute Gasteiger partial charge is 0.303 e. The molecule has 0 aliphatic heterocycles. The van der Waals surface area contributed by atoms with Gasteiger partial charge in [0.05, 0.1) is 6.42 Å². The second kappa shape index (κ2) is 6.20. The van der Waals surface area contributed by atoms with Gasteiger partial charge in [0.15, 0.2) is 0 Å². The summed E-state index contributed by atoms with van der Waals surface area (Å²) in [6.07, 6.45) is 6.06. The fraction of sp³-hybridized carbons (Fsp3) is 0.583. The van der Waals surface area contributed by atoms with Crippen molar-refractivity contribution in [1.82, 2.24) is 0 Å². The maximum Gasteiger partial charge on any atom is 0.303 e. The van der Waals surface area contributed by atoms with E-state index in [1.807, 2.05) is 6.92 Å². The van der Waals surface area contributed by atoms with Crippen LogP contribution in [-0.2, 0) is 4.79 Å². The number of aliphatic imine (C=N–C) groups is 1. The highest BCUT2D eigenvalue weighted by atomic mass is 16.4. The van der Waals surface area contributed by atoms with Crippen LogP contribution in [0.15, 0.2) is 16.3 Å². The Hall–Kier alpha value is -1.45. The molecule has 0 atom stereocenters. The molecule has 4 heteroatoms. The summed E-state index contributed by atoms with van der Waals surface area (Å²) in [5.74, 6) is -0.846. The predicted molar refractivity (Wildman–Crippen MR) is 64.3 cm³/mol. The number of hydrogen-bond acceptors (Lipinski definition) is 3. The molecule has 1 aliphatic rings. The summed E-state index contributed by atoms with van der Waals surface area (Å²) in [6, 6.07) is 0. The lowest BCUT2D eigenvalue weighted by molar-refractivity contribution is -0.136. The molecule has 0 fully saturated rings. The lowest BCUT2D eigenvalue weighted by Gasteiger charge is -2.17. The van der Waals surface area contributed by atoms with Crippen LogP contribution in [0.25, 0.3) is 0 Å². The second-order valence-electron chi connectivity index (χ2n) is 3.89. The highest BCUT2D eigenvalue weighted by Gasteiger charge is 2.16. The van der Waals surface area contributed by atoms with Gasteiger partial charge in [-0.05, 0) is 44.6 Å². The normalized spacial score (nSPS) is 16.8. The molecule has 4 nitrogen and oxygen atoms in total. The van der Waals surface area contributed by atoms with Crippen LogP contribution < -0.4 is 0 Å². The summed E-state index contributed by atoms with van der Waals surface area (Å²) >= 11 is 0. The maximum atomic E-state index is 10.5. The van der Waals surface area contributed by atoms with Crippen molar-refractivity contribution in [1.29, 1.82) is 5.41 Å². The summed E-state index contributed by atoms with van der Waals surface area (Å²) in [6.45, 7) is 1.86.